The van der Waals surface area contributed by atoms with Crippen molar-refractivity contribution in [1.82, 2.24) is 10.3 Å². The summed E-state index contributed by atoms with van der Waals surface area (Å²) in [5.74, 6) is 0.0298. The lowest BCUT2D eigenvalue weighted by atomic mass is 10.4. The lowest BCUT2D eigenvalue weighted by Gasteiger charge is -2.22. The molecule has 0 unspecified atom stereocenters. The first-order chi connectivity index (χ1) is 7.92. The maximum absolute atomic E-state index is 12.8. The molecule has 0 spiro atoms. The van der Waals surface area contributed by atoms with Crippen LogP contribution in [0.15, 0.2) is 34.8 Å². The summed E-state index contributed by atoms with van der Waals surface area (Å²) in [4.78, 5) is 3.94. The average Bonchev–Trinajstić information content (AvgIpc) is 2.31. The molecule has 17 heavy (non-hydrogen) atoms. The van der Waals surface area contributed by atoms with Gasteiger partial charge >= 0.3 is 0 Å². The van der Waals surface area contributed by atoms with Gasteiger partial charge < -0.3 is 5.32 Å². The van der Waals surface area contributed by atoms with Gasteiger partial charge in [0.05, 0.1) is 6.20 Å². The Morgan fingerprint density at radius 1 is 1.53 bits per heavy atom. The van der Waals surface area contributed by atoms with Gasteiger partial charge in [0.1, 0.15) is 11.7 Å². The molecule has 0 heterocycles. The van der Waals surface area contributed by atoms with E-state index in [0.717, 1.165) is 12.3 Å². The van der Waals surface area contributed by atoms with Crippen LogP contribution in [0.2, 0.25) is 0 Å². The molecule has 0 aliphatic heterocycles. The number of amidine groups is 2. The Bertz CT molecular complexity index is 347. The number of hydrogen-bond acceptors (Lipinski definition) is 2. The van der Waals surface area contributed by atoms with Crippen LogP contribution in [0.4, 0.5) is 4.39 Å². The van der Waals surface area contributed by atoms with Gasteiger partial charge in [-0.25, -0.2) is 14.4 Å². The zero-order chi connectivity index (χ0) is 13.4. The number of nitrogens with zero attached hydrogens (tertiary/aromatic N) is 3. The zero-order valence-electron chi connectivity index (χ0n) is 10.5. The molecule has 96 valence electrons. The highest BCUT2D eigenvalue weighted by atomic mass is 35.5. The molecule has 0 aliphatic rings. The van der Waals surface area contributed by atoms with Crippen molar-refractivity contribution in [3.63, 3.8) is 0 Å². The maximum Gasteiger partial charge on any atom is 0.214 e. The van der Waals surface area contributed by atoms with Gasteiger partial charge in [-0.2, -0.15) is 0 Å². The van der Waals surface area contributed by atoms with E-state index in [4.69, 9.17) is 11.6 Å². The van der Waals surface area contributed by atoms with Crippen molar-refractivity contribution in [2.24, 2.45) is 10.1 Å². The monoisotopic (exact) mass is 260 g/mol. The summed E-state index contributed by atoms with van der Waals surface area (Å²) in [6.07, 6.45) is 2.17. The quantitative estimate of drug-likeness (QED) is 0.278. The minimum atomic E-state index is -0.503. The first kappa shape index (κ1) is 15.6. The normalized spacial score (nSPS) is 13.9. The van der Waals surface area contributed by atoms with E-state index in [1.165, 1.54) is 0 Å². The third-order valence-corrected chi connectivity index (χ3v) is 2.06. The molecule has 0 aliphatic carbocycles. The third-order valence-electron chi connectivity index (χ3n) is 1.79. The predicted octanol–water partition coefficient (Wildman–Crippen LogP) is 2.84. The Kier molecular flexibility index (Phi) is 7.21. The number of hydrazone groups is 1. The first-order valence-corrected chi connectivity index (χ1v) is 5.53. The molecule has 0 amide bonds. The van der Waals surface area contributed by atoms with Crippen LogP contribution in [-0.4, -0.2) is 29.2 Å². The van der Waals surface area contributed by atoms with Crippen LogP contribution < -0.4 is 5.32 Å². The minimum absolute atomic E-state index is 0.0565. The molecule has 0 radical (unpaired) electrons. The van der Waals surface area contributed by atoms with Crippen LogP contribution >= 0.6 is 11.6 Å². The number of aliphatic imine (C=N–C) groups is 1. The van der Waals surface area contributed by atoms with E-state index in [1.807, 2.05) is 13.8 Å². The topological polar surface area (TPSA) is 40.0 Å². The maximum atomic E-state index is 12.8. The number of halogens is 2. The lowest BCUT2D eigenvalue weighted by Crippen LogP contribution is -2.32. The molecule has 0 aromatic heterocycles. The zero-order valence-corrected chi connectivity index (χ0v) is 11.3. The van der Waals surface area contributed by atoms with Crippen molar-refractivity contribution in [2.45, 2.75) is 26.8 Å². The van der Waals surface area contributed by atoms with Gasteiger partial charge in [-0.1, -0.05) is 6.58 Å². The van der Waals surface area contributed by atoms with Crippen molar-refractivity contribution in [3.8, 4) is 0 Å². The van der Waals surface area contributed by atoms with Gasteiger partial charge in [0.2, 0.25) is 5.29 Å². The second kappa shape index (κ2) is 7.84. The SMILES string of the molecule is C=C/C(F)=C/N=C(/C)N(/N=C(/Cl)NC)C(C)C. The predicted molar refractivity (Wildman–Crippen MR) is 71.8 cm³/mol. The van der Waals surface area contributed by atoms with Crippen LogP contribution in [0.5, 0.6) is 0 Å². The summed E-state index contributed by atoms with van der Waals surface area (Å²) >= 11 is 5.77. The van der Waals surface area contributed by atoms with Crippen LogP contribution in [0.1, 0.15) is 20.8 Å². The standard InChI is InChI=1S/C11H18ClFN4/c1-6-10(13)7-15-9(4)17(8(2)3)16-11(12)14-5/h6-8H,1H2,2-5H3,(H,14,16)/b10-7-,15-9-. The number of allylic oxidation sites excluding steroid dienone is 2. The van der Waals surface area contributed by atoms with Crippen molar-refractivity contribution in [1.29, 1.82) is 0 Å². The van der Waals surface area contributed by atoms with Gasteiger partial charge in [-0.05, 0) is 38.4 Å². The van der Waals surface area contributed by atoms with Gasteiger partial charge in [-0.15, -0.1) is 5.10 Å². The number of nitrogens with one attached hydrogen (secondary N) is 1. The highest BCUT2D eigenvalue weighted by molar-refractivity contribution is 6.64. The van der Waals surface area contributed by atoms with Gasteiger partial charge in [-0.3, -0.25) is 0 Å². The fourth-order valence-electron chi connectivity index (χ4n) is 0.973. The van der Waals surface area contributed by atoms with Gasteiger partial charge in [0, 0.05) is 13.1 Å². The second-order valence-corrected chi connectivity index (χ2v) is 3.83. The molecule has 0 rings (SSSR count). The Labute approximate surface area is 107 Å². The summed E-state index contributed by atoms with van der Waals surface area (Å²) in [6, 6.07) is 0.0565. The molecule has 1 N–H and O–H groups in total. The van der Waals surface area contributed by atoms with Crippen LogP contribution in [0.3, 0.4) is 0 Å². The molecule has 6 heteroatoms. The van der Waals surface area contributed by atoms with Crippen molar-refractivity contribution in [2.75, 3.05) is 7.05 Å². The highest BCUT2D eigenvalue weighted by Gasteiger charge is 2.10. The third kappa shape index (κ3) is 6.06. The molecule has 0 fully saturated rings. The summed E-state index contributed by atoms with van der Waals surface area (Å²) in [6.45, 7) is 8.87. The van der Waals surface area contributed by atoms with Gasteiger partial charge in [0.15, 0.2) is 0 Å². The van der Waals surface area contributed by atoms with Gasteiger partial charge in [0.25, 0.3) is 0 Å². The van der Waals surface area contributed by atoms with E-state index in [2.05, 4.69) is 22.0 Å². The Balaban J connectivity index is 5.02. The molecular formula is C11H18ClFN4. The smallest absolute Gasteiger partial charge is 0.214 e. The van der Waals surface area contributed by atoms with E-state index in [1.54, 1.807) is 19.0 Å². The molecule has 0 aromatic carbocycles. The number of hydrogen-bond donors (Lipinski definition) is 1. The van der Waals surface area contributed by atoms with Crippen molar-refractivity contribution in [3.05, 3.63) is 24.7 Å². The minimum Gasteiger partial charge on any atom is -0.362 e. The summed E-state index contributed by atoms with van der Waals surface area (Å²) in [5, 5.41) is 8.61. The van der Waals surface area contributed by atoms with Crippen molar-refractivity contribution < 1.29 is 4.39 Å². The summed E-state index contributed by atoms with van der Waals surface area (Å²) in [5.41, 5.74) is 0. The fourth-order valence-corrected chi connectivity index (χ4v) is 1.05. The van der Waals surface area contributed by atoms with Crippen LogP contribution in [0.25, 0.3) is 0 Å². The van der Waals surface area contributed by atoms with E-state index in [0.29, 0.717) is 5.84 Å². The molecule has 0 saturated heterocycles. The molecule has 0 atom stereocenters. The molecular weight excluding hydrogens is 243 g/mol. The summed E-state index contributed by atoms with van der Waals surface area (Å²) in [7, 11) is 1.66. The molecule has 4 nitrogen and oxygen atoms in total. The first-order valence-electron chi connectivity index (χ1n) is 5.16. The molecule has 0 aromatic rings. The average molecular weight is 261 g/mol. The van der Waals surface area contributed by atoms with E-state index >= 15 is 0 Å². The Morgan fingerprint density at radius 3 is 2.53 bits per heavy atom. The largest absolute Gasteiger partial charge is 0.362 e. The molecule has 0 bridgehead atoms. The number of rotatable bonds is 4. The van der Waals surface area contributed by atoms with E-state index in [-0.39, 0.29) is 11.3 Å². The Hall–Kier alpha value is -1.36. The van der Waals surface area contributed by atoms with E-state index in [9.17, 15) is 4.39 Å². The van der Waals surface area contributed by atoms with Crippen molar-refractivity contribution >= 4 is 22.7 Å². The van der Waals surface area contributed by atoms with Crippen LogP contribution in [0, 0.1) is 0 Å². The summed E-state index contributed by atoms with van der Waals surface area (Å²) < 4.78 is 12.8. The highest BCUT2D eigenvalue weighted by Crippen LogP contribution is 2.05. The second-order valence-electron chi connectivity index (χ2n) is 3.47. The fraction of sp³-hybridized carbons (Fsp3) is 0.455. The molecule has 0 saturated carbocycles. The lowest BCUT2D eigenvalue weighted by molar-refractivity contribution is 0.366. The van der Waals surface area contributed by atoms with Crippen LogP contribution in [-0.2, 0) is 0 Å². The Morgan fingerprint density at radius 2 is 2.12 bits per heavy atom. The van der Waals surface area contributed by atoms with E-state index < -0.39 is 5.83 Å².